The van der Waals surface area contributed by atoms with Crippen LogP contribution in [0.2, 0.25) is 0 Å². The zero-order chi connectivity index (χ0) is 13.3. The number of nitrogens with two attached hydrogens (primary N) is 1. The highest BCUT2D eigenvalue weighted by Gasteiger charge is 2.12. The first kappa shape index (κ1) is 13.2. The average Bonchev–Trinajstić information content (AvgIpc) is 2.60. The molecule has 96 valence electrons. The van der Waals surface area contributed by atoms with Gasteiger partial charge in [-0.1, -0.05) is 18.2 Å². The maximum Gasteiger partial charge on any atom is 0.132 e. The van der Waals surface area contributed by atoms with Gasteiger partial charge in [-0.15, -0.1) is 0 Å². The third-order valence-electron chi connectivity index (χ3n) is 2.99. The van der Waals surface area contributed by atoms with Gasteiger partial charge in [-0.3, -0.25) is 4.68 Å². The smallest absolute Gasteiger partial charge is 0.132 e. The van der Waals surface area contributed by atoms with Crippen molar-refractivity contribution in [2.75, 3.05) is 0 Å². The molecule has 2 rings (SSSR count). The Morgan fingerprint density at radius 3 is 2.56 bits per heavy atom. The largest absolute Gasteiger partial charge is 0.326 e. The lowest BCUT2D eigenvalue weighted by Gasteiger charge is -2.08. The van der Waals surface area contributed by atoms with Gasteiger partial charge in [-0.2, -0.15) is 5.10 Å². The molecule has 1 aromatic heterocycles. The van der Waals surface area contributed by atoms with Gasteiger partial charge in [-0.05, 0) is 29.8 Å². The summed E-state index contributed by atoms with van der Waals surface area (Å²) in [5.41, 5.74) is 8.54. The van der Waals surface area contributed by atoms with Crippen molar-refractivity contribution < 1.29 is 4.39 Å². The molecule has 1 heterocycles. The van der Waals surface area contributed by atoms with E-state index in [0.717, 1.165) is 15.9 Å². The van der Waals surface area contributed by atoms with Gasteiger partial charge in [0.1, 0.15) is 5.82 Å². The number of rotatable bonds is 3. The molecule has 0 aliphatic rings. The first-order valence-corrected chi connectivity index (χ1v) is 6.49. The second-order valence-electron chi connectivity index (χ2n) is 4.24. The van der Waals surface area contributed by atoms with Crippen molar-refractivity contribution in [2.45, 2.75) is 26.9 Å². The molecule has 0 fully saturated rings. The van der Waals surface area contributed by atoms with E-state index < -0.39 is 0 Å². The van der Waals surface area contributed by atoms with Crippen LogP contribution in [0.4, 0.5) is 4.39 Å². The highest BCUT2D eigenvalue weighted by atomic mass is 79.9. The van der Waals surface area contributed by atoms with Crippen molar-refractivity contribution in [1.29, 1.82) is 0 Å². The van der Waals surface area contributed by atoms with Crippen LogP contribution in [0.25, 0.3) is 0 Å². The Balaban J connectivity index is 2.37. The minimum absolute atomic E-state index is 0.209. The van der Waals surface area contributed by atoms with Crippen LogP contribution in [-0.2, 0) is 13.1 Å². The third kappa shape index (κ3) is 2.33. The molecule has 0 amide bonds. The summed E-state index contributed by atoms with van der Waals surface area (Å²) in [7, 11) is 0. The van der Waals surface area contributed by atoms with Crippen LogP contribution in [0.1, 0.15) is 22.5 Å². The summed E-state index contributed by atoms with van der Waals surface area (Å²) in [5.74, 6) is -0.233. The number of hydrogen-bond donors (Lipinski definition) is 1. The number of halogens is 2. The molecule has 0 atom stereocenters. The highest BCUT2D eigenvalue weighted by Crippen LogP contribution is 2.21. The minimum atomic E-state index is -0.233. The third-order valence-corrected chi connectivity index (χ3v) is 4.14. The Kier molecular flexibility index (Phi) is 3.82. The lowest BCUT2D eigenvalue weighted by atomic mass is 10.1. The number of aromatic nitrogens is 2. The summed E-state index contributed by atoms with van der Waals surface area (Å²) in [5, 5.41) is 4.37. The van der Waals surface area contributed by atoms with E-state index in [9.17, 15) is 4.39 Å². The average molecular weight is 312 g/mol. The SMILES string of the molecule is Cc1nn(Cc2cccc(CN)c2F)c(C)c1Br. The summed E-state index contributed by atoms with van der Waals surface area (Å²) < 4.78 is 16.8. The van der Waals surface area contributed by atoms with Gasteiger partial charge in [0.25, 0.3) is 0 Å². The number of hydrogen-bond acceptors (Lipinski definition) is 2. The normalized spacial score (nSPS) is 10.9. The predicted molar refractivity (Wildman–Crippen MR) is 72.8 cm³/mol. The molecule has 2 aromatic rings. The summed E-state index contributed by atoms with van der Waals surface area (Å²) >= 11 is 3.46. The molecular formula is C13H15BrFN3. The van der Waals surface area contributed by atoms with Crippen molar-refractivity contribution in [2.24, 2.45) is 5.73 Å². The number of nitrogens with zero attached hydrogens (tertiary/aromatic N) is 2. The van der Waals surface area contributed by atoms with Crippen molar-refractivity contribution >= 4 is 15.9 Å². The molecule has 0 unspecified atom stereocenters. The van der Waals surface area contributed by atoms with E-state index in [1.165, 1.54) is 0 Å². The Hall–Kier alpha value is -1.20. The lowest BCUT2D eigenvalue weighted by molar-refractivity contribution is 0.567. The minimum Gasteiger partial charge on any atom is -0.326 e. The zero-order valence-corrected chi connectivity index (χ0v) is 12.0. The maximum absolute atomic E-state index is 14.1. The van der Waals surface area contributed by atoms with Crippen LogP contribution in [-0.4, -0.2) is 9.78 Å². The van der Waals surface area contributed by atoms with Gasteiger partial charge in [-0.25, -0.2) is 4.39 Å². The molecule has 5 heteroatoms. The number of aryl methyl sites for hydroxylation is 1. The fourth-order valence-corrected chi connectivity index (χ4v) is 2.19. The van der Waals surface area contributed by atoms with Gasteiger partial charge in [0.2, 0.25) is 0 Å². The lowest BCUT2D eigenvalue weighted by Crippen LogP contribution is -2.08. The quantitative estimate of drug-likeness (QED) is 0.947. The molecule has 18 heavy (non-hydrogen) atoms. The standard InChI is InChI=1S/C13H15BrFN3/c1-8-12(14)9(2)18(17-8)7-11-5-3-4-10(6-16)13(11)15/h3-5H,6-7,16H2,1-2H3. The topological polar surface area (TPSA) is 43.8 Å². The summed E-state index contributed by atoms with van der Waals surface area (Å²) in [4.78, 5) is 0. The molecule has 3 nitrogen and oxygen atoms in total. The van der Waals surface area contributed by atoms with Crippen molar-refractivity contribution in [3.63, 3.8) is 0 Å². The molecule has 2 N–H and O–H groups in total. The van der Waals surface area contributed by atoms with Gasteiger partial charge in [0.15, 0.2) is 0 Å². The summed E-state index contributed by atoms with van der Waals surface area (Å²) in [6.45, 7) is 4.49. The van der Waals surface area contributed by atoms with Crippen LogP contribution in [0.5, 0.6) is 0 Å². The Labute approximate surface area is 114 Å². The van der Waals surface area contributed by atoms with E-state index in [0.29, 0.717) is 17.7 Å². The van der Waals surface area contributed by atoms with Gasteiger partial charge in [0, 0.05) is 17.7 Å². The van der Waals surface area contributed by atoms with Crippen molar-refractivity contribution in [1.82, 2.24) is 9.78 Å². The van der Waals surface area contributed by atoms with Crippen molar-refractivity contribution in [3.05, 3.63) is 51.0 Å². The fraction of sp³-hybridized carbons (Fsp3) is 0.308. The van der Waals surface area contributed by atoms with E-state index in [4.69, 9.17) is 5.73 Å². The zero-order valence-electron chi connectivity index (χ0n) is 10.4. The molecule has 0 aliphatic heterocycles. The molecule has 1 aromatic carbocycles. The Morgan fingerprint density at radius 1 is 1.33 bits per heavy atom. The summed E-state index contributed by atoms with van der Waals surface area (Å²) in [6, 6.07) is 5.29. The Bertz CT molecular complexity index is 578. The molecule has 0 bridgehead atoms. The first-order valence-electron chi connectivity index (χ1n) is 5.70. The van der Waals surface area contributed by atoms with Crippen LogP contribution < -0.4 is 5.73 Å². The van der Waals surface area contributed by atoms with Gasteiger partial charge < -0.3 is 5.73 Å². The van der Waals surface area contributed by atoms with E-state index in [1.807, 2.05) is 19.9 Å². The molecule has 0 radical (unpaired) electrons. The van der Waals surface area contributed by atoms with E-state index in [-0.39, 0.29) is 12.4 Å². The highest BCUT2D eigenvalue weighted by molar-refractivity contribution is 9.10. The van der Waals surface area contributed by atoms with E-state index in [1.54, 1.807) is 16.8 Å². The van der Waals surface area contributed by atoms with Crippen molar-refractivity contribution in [3.8, 4) is 0 Å². The predicted octanol–water partition coefficient (Wildman–Crippen LogP) is 2.91. The summed E-state index contributed by atoms with van der Waals surface area (Å²) in [6.07, 6.45) is 0. The van der Waals surface area contributed by atoms with Gasteiger partial charge in [0.05, 0.1) is 22.4 Å². The fourth-order valence-electron chi connectivity index (χ4n) is 1.90. The maximum atomic E-state index is 14.1. The van der Waals surface area contributed by atoms with Crippen LogP contribution >= 0.6 is 15.9 Å². The Morgan fingerprint density at radius 2 is 2.00 bits per heavy atom. The molecular weight excluding hydrogens is 297 g/mol. The van der Waals surface area contributed by atoms with Gasteiger partial charge >= 0.3 is 0 Å². The van der Waals surface area contributed by atoms with Crippen LogP contribution in [0, 0.1) is 19.7 Å². The van der Waals surface area contributed by atoms with Crippen LogP contribution in [0.3, 0.4) is 0 Å². The first-order chi connectivity index (χ1) is 8.54. The molecule has 0 saturated carbocycles. The second kappa shape index (κ2) is 5.20. The molecule has 0 spiro atoms. The van der Waals surface area contributed by atoms with Crippen LogP contribution in [0.15, 0.2) is 22.7 Å². The van der Waals surface area contributed by atoms with E-state index >= 15 is 0 Å². The van der Waals surface area contributed by atoms with E-state index in [2.05, 4.69) is 21.0 Å². The molecule has 0 aliphatic carbocycles. The molecule has 0 saturated heterocycles. The monoisotopic (exact) mass is 311 g/mol. The second-order valence-corrected chi connectivity index (χ2v) is 5.03. The number of benzene rings is 1.